The zero-order valence-electron chi connectivity index (χ0n) is 14.0. The van der Waals surface area contributed by atoms with Crippen molar-refractivity contribution in [1.29, 1.82) is 0 Å². The molecule has 2 aliphatic rings. The topological polar surface area (TPSA) is 52.7 Å². The lowest BCUT2D eigenvalue weighted by molar-refractivity contribution is 0.0789. The van der Waals surface area contributed by atoms with Gasteiger partial charge < -0.3 is 10.2 Å². The summed E-state index contributed by atoms with van der Waals surface area (Å²) in [4.78, 5) is 28.7. The largest absolute Gasteiger partial charge is 0.337 e. The second-order valence-electron chi connectivity index (χ2n) is 6.58. The summed E-state index contributed by atoms with van der Waals surface area (Å²) in [5.41, 5.74) is 2.91. The molecule has 0 radical (unpaired) electrons. The fraction of sp³-hybridized carbons (Fsp3) is 0.300. The van der Waals surface area contributed by atoms with Gasteiger partial charge in [-0.05, 0) is 36.6 Å². The van der Waals surface area contributed by atoms with E-state index in [1.54, 1.807) is 4.90 Å². The molecule has 0 aromatic heterocycles. The number of nitrogens with zero attached hydrogens (tertiary/aromatic N) is 2. The van der Waals surface area contributed by atoms with E-state index in [2.05, 4.69) is 11.4 Å². The number of carbonyl (C=O) groups excluding carboxylic acids is 2. The van der Waals surface area contributed by atoms with Crippen molar-refractivity contribution in [1.82, 2.24) is 10.2 Å². The van der Waals surface area contributed by atoms with Crippen LogP contribution in [0.2, 0.25) is 0 Å². The Morgan fingerprint density at radius 2 is 1.72 bits per heavy atom. The Labute approximate surface area is 147 Å². The summed E-state index contributed by atoms with van der Waals surface area (Å²) in [6, 6.07) is 17.3. The summed E-state index contributed by atoms with van der Waals surface area (Å²) in [6.45, 7) is 1.95. The van der Waals surface area contributed by atoms with Gasteiger partial charge in [0.1, 0.15) is 0 Å². The first-order chi connectivity index (χ1) is 12.2. The average Bonchev–Trinajstić information content (AvgIpc) is 3.28. The number of urea groups is 1. The molecule has 0 spiro atoms. The first-order valence-electron chi connectivity index (χ1n) is 8.72. The third-order valence-corrected chi connectivity index (χ3v) is 4.96. The molecule has 1 N–H and O–H groups in total. The fourth-order valence-corrected chi connectivity index (χ4v) is 3.63. The second kappa shape index (κ2) is 6.59. The van der Waals surface area contributed by atoms with Crippen LogP contribution in [0.4, 0.5) is 10.5 Å². The van der Waals surface area contributed by atoms with Crippen LogP contribution >= 0.6 is 0 Å². The lowest BCUT2D eigenvalue weighted by Crippen LogP contribution is -2.45. The van der Waals surface area contributed by atoms with Crippen LogP contribution in [0.25, 0.3) is 0 Å². The van der Waals surface area contributed by atoms with Gasteiger partial charge in [0.05, 0.1) is 0 Å². The predicted molar refractivity (Wildman–Crippen MR) is 96.8 cm³/mol. The molecule has 4 rings (SSSR count). The zero-order chi connectivity index (χ0) is 17.2. The van der Waals surface area contributed by atoms with E-state index in [-0.39, 0.29) is 18.0 Å². The molecule has 2 aliphatic heterocycles. The first-order valence-corrected chi connectivity index (χ1v) is 8.72. The summed E-state index contributed by atoms with van der Waals surface area (Å²) in [6.07, 6.45) is 1.69. The maximum absolute atomic E-state index is 12.6. The summed E-state index contributed by atoms with van der Waals surface area (Å²) in [5, 5.41) is 3.09. The third-order valence-electron chi connectivity index (χ3n) is 4.96. The van der Waals surface area contributed by atoms with Crippen molar-refractivity contribution in [3.8, 4) is 0 Å². The van der Waals surface area contributed by atoms with Crippen molar-refractivity contribution in [2.75, 3.05) is 24.5 Å². The van der Waals surface area contributed by atoms with Crippen molar-refractivity contribution >= 4 is 17.6 Å². The number of hydrogen-bond acceptors (Lipinski definition) is 2. The Kier molecular flexibility index (Phi) is 4.14. The molecule has 1 fully saturated rings. The van der Waals surface area contributed by atoms with Crippen LogP contribution < -0.4 is 10.2 Å². The number of amides is 3. The molecule has 1 saturated heterocycles. The number of anilines is 1. The summed E-state index contributed by atoms with van der Waals surface area (Å²) < 4.78 is 0. The van der Waals surface area contributed by atoms with E-state index >= 15 is 0 Å². The monoisotopic (exact) mass is 335 g/mol. The molecule has 128 valence electrons. The Hall–Kier alpha value is -2.82. The molecule has 2 aromatic rings. The van der Waals surface area contributed by atoms with E-state index in [9.17, 15) is 9.59 Å². The lowest BCUT2D eigenvalue weighted by atomic mass is 10.2. The Bertz CT molecular complexity index is 791. The van der Waals surface area contributed by atoms with Crippen LogP contribution in [0.15, 0.2) is 54.6 Å². The molecule has 5 heteroatoms. The van der Waals surface area contributed by atoms with Crippen LogP contribution in [0.5, 0.6) is 0 Å². The third kappa shape index (κ3) is 3.09. The van der Waals surface area contributed by atoms with Crippen molar-refractivity contribution in [3.63, 3.8) is 0 Å². The molecule has 0 aliphatic carbocycles. The molecular weight excluding hydrogens is 314 g/mol. The van der Waals surface area contributed by atoms with Crippen LogP contribution in [0.1, 0.15) is 22.3 Å². The molecule has 2 heterocycles. The molecule has 25 heavy (non-hydrogen) atoms. The van der Waals surface area contributed by atoms with E-state index < -0.39 is 0 Å². The number of benzene rings is 2. The normalized spacial score (nSPS) is 19.0. The summed E-state index contributed by atoms with van der Waals surface area (Å²) in [7, 11) is 0. The first kappa shape index (κ1) is 15.7. The Balaban J connectivity index is 1.37. The van der Waals surface area contributed by atoms with E-state index in [0.717, 1.165) is 18.5 Å². The highest BCUT2D eigenvalue weighted by Gasteiger charge is 2.31. The summed E-state index contributed by atoms with van der Waals surface area (Å²) >= 11 is 0. The smallest absolute Gasteiger partial charge is 0.322 e. The fourth-order valence-electron chi connectivity index (χ4n) is 3.63. The van der Waals surface area contributed by atoms with Crippen molar-refractivity contribution < 1.29 is 9.59 Å². The molecule has 2 aromatic carbocycles. The van der Waals surface area contributed by atoms with E-state index in [0.29, 0.717) is 25.2 Å². The Morgan fingerprint density at radius 1 is 0.960 bits per heavy atom. The van der Waals surface area contributed by atoms with E-state index in [1.807, 2.05) is 53.4 Å². The van der Waals surface area contributed by atoms with Gasteiger partial charge >= 0.3 is 6.03 Å². The molecule has 3 amide bonds. The molecule has 0 unspecified atom stereocenters. The number of carbonyl (C=O) groups is 2. The van der Waals surface area contributed by atoms with Crippen LogP contribution in [-0.2, 0) is 6.42 Å². The minimum absolute atomic E-state index is 0.00734. The van der Waals surface area contributed by atoms with Gasteiger partial charge in [-0.15, -0.1) is 0 Å². The predicted octanol–water partition coefficient (Wildman–Crippen LogP) is 2.67. The number of rotatable bonds is 2. The minimum Gasteiger partial charge on any atom is -0.337 e. The van der Waals surface area contributed by atoms with Crippen LogP contribution in [-0.4, -0.2) is 42.5 Å². The van der Waals surface area contributed by atoms with E-state index in [4.69, 9.17) is 0 Å². The minimum atomic E-state index is -0.0658. The molecular formula is C20H21N3O2. The second-order valence-corrected chi connectivity index (χ2v) is 6.58. The average molecular weight is 335 g/mol. The highest BCUT2D eigenvalue weighted by molar-refractivity contribution is 5.95. The van der Waals surface area contributed by atoms with Crippen molar-refractivity contribution in [2.24, 2.45) is 0 Å². The zero-order valence-corrected chi connectivity index (χ0v) is 14.0. The van der Waals surface area contributed by atoms with Gasteiger partial charge in [-0.1, -0.05) is 36.4 Å². The number of nitrogens with one attached hydrogen (secondary N) is 1. The quantitative estimate of drug-likeness (QED) is 0.917. The number of likely N-dealkylation sites (tertiary alicyclic amines) is 1. The van der Waals surface area contributed by atoms with Gasteiger partial charge in [0.25, 0.3) is 5.91 Å². The van der Waals surface area contributed by atoms with Gasteiger partial charge in [-0.3, -0.25) is 9.69 Å². The summed E-state index contributed by atoms with van der Waals surface area (Å²) in [5.74, 6) is 0.0314. The molecule has 0 bridgehead atoms. The standard InChI is InChI=1S/C20H21N3O2/c24-19(16-7-2-1-3-8-16)22-12-11-17(14-22)21-20(25)23-13-10-15-6-4-5-9-18(15)23/h1-9,17H,10-14H2,(H,21,25)/t17-/m1/s1. The van der Waals surface area contributed by atoms with Gasteiger partial charge in [-0.25, -0.2) is 4.79 Å². The maximum Gasteiger partial charge on any atom is 0.322 e. The van der Waals surface area contributed by atoms with Crippen molar-refractivity contribution in [3.05, 3.63) is 65.7 Å². The SMILES string of the molecule is O=C(c1ccccc1)N1CC[C@@H](NC(=O)N2CCc3ccccc32)C1. The van der Waals surface area contributed by atoms with E-state index in [1.165, 1.54) is 5.56 Å². The Morgan fingerprint density at radius 3 is 2.56 bits per heavy atom. The van der Waals surface area contributed by atoms with Crippen LogP contribution in [0.3, 0.4) is 0 Å². The van der Waals surface area contributed by atoms with Crippen LogP contribution in [0, 0.1) is 0 Å². The number of hydrogen-bond donors (Lipinski definition) is 1. The number of fused-ring (bicyclic) bond motifs is 1. The van der Waals surface area contributed by atoms with Gasteiger partial charge in [0, 0.05) is 36.9 Å². The maximum atomic E-state index is 12.6. The molecule has 0 saturated carbocycles. The van der Waals surface area contributed by atoms with Gasteiger partial charge in [0.15, 0.2) is 0 Å². The van der Waals surface area contributed by atoms with Gasteiger partial charge in [0.2, 0.25) is 0 Å². The lowest BCUT2D eigenvalue weighted by Gasteiger charge is -2.22. The van der Waals surface area contributed by atoms with Crippen molar-refractivity contribution in [2.45, 2.75) is 18.9 Å². The molecule has 5 nitrogen and oxygen atoms in total. The molecule has 1 atom stereocenters. The van der Waals surface area contributed by atoms with Gasteiger partial charge in [-0.2, -0.15) is 0 Å². The highest BCUT2D eigenvalue weighted by Crippen LogP contribution is 2.27. The highest BCUT2D eigenvalue weighted by atomic mass is 16.2. The number of para-hydroxylation sites is 1.